The third-order valence-corrected chi connectivity index (χ3v) is 4.18. The van der Waals surface area contributed by atoms with Gasteiger partial charge in [-0.2, -0.15) is 0 Å². The number of hydrogen-bond donors (Lipinski definition) is 2. The molecule has 0 spiro atoms. The van der Waals surface area contributed by atoms with Crippen LogP contribution in [0.25, 0.3) is 0 Å². The van der Waals surface area contributed by atoms with E-state index in [1.165, 1.54) is 36.4 Å². The summed E-state index contributed by atoms with van der Waals surface area (Å²) < 4.78 is 26.1. The SMILES string of the molecule is O=C(Nc1ccc(F)cc1)[C@@H](NCCc1ccc(F)cc1)c1ccccc1. The van der Waals surface area contributed by atoms with Crippen LogP contribution in [0.2, 0.25) is 0 Å². The molecule has 0 aliphatic heterocycles. The minimum Gasteiger partial charge on any atom is -0.324 e. The fourth-order valence-electron chi connectivity index (χ4n) is 2.77. The number of hydrogen-bond acceptors (Lipinski definition) is 2. The maximum Gasteiger partial charge on any atom is 0.246 e. The molecule has 5 heteroatoms. The van der Waals surface area contributed by atoms with E-state index in [4.69, 9.17) is 0 Å². The Labute approximate surface area is 157 Å². The van der Waals surface area contributed by atoms with Crippen LogP contribution < -0.4 is 10.6 Å². The number of halogens is 2. The zero-order valence-electron chi connectivity index (χ0n) is 14.7. The van der Waals surface area contributed by atoms with Crippen LogP contribution in [0.5, 0.6) is 0 Å². The summed E-state index contributed by atoms with van der Waals surface area (Å²) in [7, 11) is 0. The molecular formula is C22H20F2N2O. The maximum atomic E-state index is 13.1. The van der Waals surface area contributed by atoms with Crippen LogP contribution in [0, 0.1) is 11.6 Å². The van der Waals surface area contributed by atoms with E-state index >= 15 is 0 Å². The quantitative estimate of drug-likeness (QED) is 0.647. The van der Waals surface area contributed by atoms with Gasteiger partial charge in [0.1, 0.15) is 17.7 Å². The lowest BCUT2D eigenvalue weighted by atomic mass is 10.1. The van der Waals surface area contributed by atoms with Crippen molar-refractivity contribution in [3.05, 3.63) is 102 Å². The van der Waals surface area contributed by atoms with Crippen molar-refractivity contribution in [3.8, 4) is 0 Å². The first-order chi connectivity index (χ1) is 13.1. The second-order valence-electron chi connectivity index (χ2n) is 6.17. The largest absolute Gasteiger partial charge is 0.324 e. The highest BCUT2D eigenvalue weighted by atomic mass is 19.1. The van der Waals surface area contributed by atoms with Gasteiger partial charge in [0, 0.05) is 12.2 Å². The number of amides is 1. The lowest BCUT2D eigenvalue weighted by molar-refractivity contribution is -0.118. The summed E-state index contributed by atoms with van der Waals surface area (Å²) in [5.74, 6) is -0.857. The van der Waals surface area contributed by atoms with E-state index in [2.05, 4.69) is 10.6 Å². The van der Waals surface area contributed by atoms with Crippen molar-refractivity contribution < 1.29 is 13.6 Å². The van der Waals surface area contributed by atoms with Gasteiger partial charge in [-0.3, -0.25) is 4.79 Å². The Morgan fingerprint density at radius 1 is 0.815 bits per heavy atom. The van der Waals surface area contributed by atoms with E-state index in [1.807, 2.05) is 30.3 Å². The van der Waals surface area contributed by atoms with Gasteiger partial charge in [-0.15, -0.1) is 0 Å². The summed E-state index contributed by atoms with van der Waals surface area (Å²) in [4.78, 5) is 12.8. The Kier molecular flexibility index (Phi) is 6.28. The average molecular weight is 366 g/mol. The zero-order chi connectivity index (χ0) is 19.1. The Bertz CT molecular complexity index is 865. The van der Waals surface area contributed by atoms with E-state index in [-0.39, 0.29) is 17.5 Å². The molecule has 0 saturated carbocycles. The van der Waals surface area contributed by atoms with Gasteiger partial charge >= 0.3 is 0 Å². The van der Waals surface area contributed by atoms with Crippen LogP contribution in [0.15, 0.2) is 78.9 Å². The van der Waals surface area contributed by atoms with Crippen molar-refractivity contribution in [2.45, 2.75) is 12.5 Å². The van der Waals surface area contributed by atoms with E-state index in [1.54, 1.807) is 12.1 Å². The monoisotopic (exact) mass is 366 g/mol. The van der Waals surface area contributed by atoms with E-state index < -0.39 is 6.04 Å². The maximum absolute atomic E-state index is 13.1. The number of carbonyl (C=O) groups excluding carboxylic acids is 1. The highest BCUT2D eigenvalue weighted by Gasteiger charge is 2.20. The molecule has 1 atom stereocenters. The third kappa shape index (κ3) is 5.46. The minimum absolute atomic E-state index is 0.230. The molecule has 3 aromatic rings. The normalized spacial score (nSPS) is 11.8. The Hall–Kier alpha value is -3.05. The summed E-state index contributed by atoms with van der Waals surface area (Å²) in [6.07, 6.45) is 0.660. The van der Waals surface area contributed by atoms with Gasteiger partial charge in [-0.05, 0) is 53.9 Å². The molecule has 0 fully saturated rings. The number of nitrogens with one attached hydrogen (secondary N) is 2. The standard InChI is InChI=1S/C22H20F2N2O/c23-18-8-6-16(7-9-18)14-15-25-21(17-4-2-1-3-5-17)22(27)26-20-12-10-19(24)11-13-20/h1-13,21,25H,14-15H2,(H,26,27)/t21-/m0/s1. The van der Waals surface area contributed by atoms with Gasteiger partial charge in [0.05, 0.1) is 0 Å². The first-order valence-electron chi connectivity index (χ1n) is 8.71. The fourth-order valence-corrected chi connectivity index (χ4v) is 2.77. The molecule has 0 aromatic heterocycles. The second kappa shape index (κ2) is 9.05. The minimum atomic E-state index is -0.559. The molecule has 0 unspecified atom stereocenters. The van der Waals surface area contributed by atoms with E-state index in [0.717, 1.165) is 11.1 Å². The Morgan fingerprint density at radius 2 is 1.41 bits per heavy atom. The predicted octanol–water partition coefficient (Wildman–Crippen LogP) is 4.48. The molecule has 3 rings (SSSR count). The lowest BCUT2D eigenvalue weighted by Gasteiger charge is -2.19. The molecule has 0 radical (unpaired) electrons. The molecule has 138 valence electrons. The summed E-state index contributed by atoms with van der Waals surface area (Å²) >= 11 is 0. The number of anilines is 1. The summed E-state index contributed by atoms with van der Waals surface area (Å²) in [6, 6.07) is 20.8. The number of rotatable bonds is 7. The Balaban J connectivity index is 1.67. The summed E-state index contributed by atoms with van der Waals surface area (Å²) in [5.41, 5.74) is 2.34. The predicted molar refractivity (Wildman–Crippen MR) is 102 cm³/mol. The molecule has 0 bridgehead atoms. The molecule has 1 amide bonds. The van der Waals surface area contributed by atoms with Crippen LogP contribution in [0.4, 0.5) is 14.5 Å². The molecule has 0 aliphatic carbocycles. The van der Waals surface area contributed by atoms with Crippen molar-refractivity contribution in [1.29, 1.82) is 0 Å². The van der Waals surface area contributed by atoms with E-state index in [9.17, 15) is 13.6 Å². The van der Waals surface area contributed by atoms with Crippen molar-refractivity contribution in [2.75, 3.05) is 11.9 Å². The average Bonchev–Trinajstić information content (AvgIpc) is 2.69. The topological polar surface area (TPSA) is 41.1 Å². The second-order valence-corrected chi connectivity index (χ2v) is 6.17. The Morgan fingerprint density at radius 3 is 2.04 bits per heavy atom. The van der Waals surface area contributed by atoms with Crippen LogP contribution >= 0.6 is 0 Å². The van der Waals surface area contributed by atoms with Crippen LogP contribution in [-0.4, -0.2) is 12.5 Å². The zero-order valence-corrected chi connectivity index (χ0v) is 14.7. The lowest BCUT2D eigenvalue weighted by Crippen LogP contribution is -2.34. The highest BCUT2D eigenvalue weighted by molar-refractivity contribution is 5.95. The first-order valence-corrected chi connectivity index (χ1v) is 8.71. The van der Waals surface area contributed by atoms with Gasteiger partial charge in [0.15, 0.2) is 0 Å². The summed E-state index contributed by atoms with van der Waals surface area (Å²) in [5, 5.41) is 6.06. The molecular weight excluding hydrogens is 346 g/mol. The van der Waals surface area contributed by atoms with E-state index in [0.29, 0.717) is 18.7 Å². The van der Waals surface area contributed by atoms with Crippen molar-refractivity contribution in [1.82, 2.24) is 5.32 Å². The van der Waals surface area contributed by atoms with Gasteiger partial charge in [0.25, 0.3) is 0 Å². The number of benzene rings is 3. The molecule has 2 N–H and O–H groups in total. The molecule has 3 aromatic carbocycles. The van der Waals surface area contributed by atoms with Crippen LogP contribution in [-0.2, 0) is 11.2 Å². The van der Waals surface area contributed by atoms with Crippen molar-refractivity contribution in [2.24, 2.45) is 0 Å². The van der Waals surface area contributed by atoms with Crippen molar-refractivity contribution in [3.63, 3.8) is 0 Å². The van der Waals surface area contributed by atoms with Gasteiger partial charge in [0.2, 0.25) is 5.91 Å². The highest BCUT2D eigenvalue weighted by Crippen LogP contribution is 2.17. The molecule has 3 nitrogen and oxygen atoms in total. The van der Waals surface area contributed by atoms with Crippen LogP contribution in [0.3, 0.4) is 0 Å². The van der Waals surface area contributed by atoms with Crippen molar-refractivity contribution >= 4 is 11.6 Å². The third-order valence-electron chi connectivity index (χ3n) is 4.18. The molecule has 0 saturated heterocycles. The molecule has 0 heterocycles. The number of carbonyl (C=O) groups is 1. The first kappa shape index (κ1) is 18.7. The summed E-state index contributed by atoms with van der Waals surface area (Å²) in [6.45, 7) is 0.544. The van der Waals surface area contributed by atoms with Crippen LogP contribution in [0.1, 0.15) is 17.2 Å². The fraction of sp³-hybridized carbons (Fsp3) is 0.136. The smallest absolute Gasteiger partial charge is 0.246 e. The van der Waals surface area contributed by atoms with Gasteiger partial charge < -0.3 is 10.6 Å². The van der Waals surface area contributed by atoms with Gasteiger partial charge in [-0.25, -0.2) is 8.78 Å². The molecule has 0 aliphatic rings. The van der Waals surface area contributed by atoms with Gasteiger partial charge in [-0.1, -0.05) is 42.5 Å². The molecule has 27 heavy (non-hydrogen) atoms.